The fourth-order valence-corrected chi connectivity index (χ4v) is 5.65. The third-order valence-corrected chi connectivity index (χ3v) is 7.67. The van der Waals surface area contributed by atoms with Gasteiger partial charge in [0.2, 0.25) is 0 Å². The van der Waals surface area contributed by atoms with Crippen molar-refractivity contribution in [3.8, 4) is 0 Å². The first kappa shape index (κ1) is 24.4. The van der Waals surface area contributed by atoms with Gasteiger partial charge in [-0.2, -0.15) is 0 Å². The Morgan fingerprint density at radius 2 is 1.78 bits per heavy atom. The van der Waals surface area contributed by atoms with Gasteiger partial charge in [-0.05, 0) is 38.3 Å². The van der Waals surface area contributed by atoms with Crippen LogP contribution in [-0.2, 0) is 13.1 Å². The summed E-state index contributed by atoms with van der Waals surface area (Å²) in [5.74, 6) is -0.142. The molecule has 2 aromatic carbocycles. The van der Waals surface area contributed by atoms with E-state index in [1.165, 1.54) is 12.0 Å². The number of rotatable bonds is 8. The van der Waals surface area contributed by atoms with Crippen LogP contribution in [0.1, 0.15) is 77.9 Å². The largest absolute Gasteiger partial charge is 0.351 e. The van der Waals surface area contributed by atoms with Gasteiger partial charge in [-0.1, -0.05) is 67.8 Å². The van der Waals surface area contributed by atoms with E-state index in [0.29, 0.717) is 35.9 Å². The number of fused-ring (bicyclic) bond motifs is 2. The molecule has 1 aliphatic heterocycles. The van der Waals surface area contributed by atoms with E-state index in [4.69, 9.17) is 4.98 Å². The average molecular weight is 485 g/mol. The third kappa shape index (κ3) is 5.00. The quantitative estimate of drug-likeness (QED) is 0.479. The van der Waals surface area contributed by atoms with Crippen molar-refractivity contribution < 1.29 is 9.59 Å². The summed E-state index contributed by atoms with van der Waals surface area (Å²) in [7, 11) is 0. The number of nitrogens with one attached hydrogen (secondary N) is 1. The third-order valence-electron chi connectivity index (χ3n) is 7.67. The molecular weight excluding hydrogens is 448 g/mol. The lowest BCUT2D eigenvalue weighted by Gasteiger charge is -2.30. The zero-order valence-electron chi connectivity index (χ0n) is 21.4. The first-order valence-electron chi connectivity index (χ1n) is 13.3. The van der Waals surface area contributed by atoms with E-state index in [1.807, 2.05) is 35.2 Å². The molecule has 6 nitrogen and oxygen atoms in total. The van der Waals surface area contributed by atoms with Crippen LogP contribution in [0.4, 0.5) is 0 Å². The maximum absolute atomic E-state index is 13.6. The summed E-state index contributed by atoms with van der Waals surface area (Å²) in [5.41, 5.74) is 3.82. The molecule has 2 aliphatic rings. The fraction of sp³-hybridized carbons (Fsp3) is 0.433. The minimum absolute atomic E-state index is 0.0226. The molecule has 188 valence electrons. The molecule has 0 atom stereocenters. The maximum atomic E-state index is 13.6. The zero-order valence-corrected chi connectivity index (χ0v) is 21.4. The smallest absolute Gasteiger partial charge is 0.273 e. The Labute approximate surface area is 213 Å². The van der Waals surface area contributed by atoms with Gasteiger partial charge in [0.05, 0.1) is 11.1 Å². The fourth-order valence-electron chi connectivity index (χ4n) is 5.65. The van der Waals surface area contributed by atoms with Crippen LogP contribution in [0.2, 0.25) is 0 Å². The standard InChI is InChI=1S/C30H36N4O2/c1-21(2)33(19-22-11-5-3-6-12-22)18-17-31-29(35)27-24-15-9-10-16-26(24)32-28-25(27)20-34(30(28)36)23-13-7-4-8-14-23/h3,5-6,9-12,15-16,21,23H,4,7-8,13-14,17-20H2,1-2H3,(H,31,35). The van der Waals surface area contributed by atoms with Crippen LogP contribution in [0.5, 0.6) is 0 Å². The molecule has 1 saturated carbocycles. The number of carbonyl (C=O) groups excluding carboxylic acids is 2. The second kappa shape index (κ2) is 10.8. The van der Waals surface area contributed by atoms with E-state index in [-0.39, 0.29) is 17.9 Å². The minimum atomic E-state index is -0.119. The molecule has 0 saturated heterocycles. The number of amides is 2. The predicted octanol–water partition coefficient (Wildman–Crippen LogP) is 5.16. The first-order valence-corrected chi connectivity index (χ1v) is 13.3. The van der Waals surface area contributed by atoms with Crippen LogP contribution in [-0.4, -0.2) is 51.8 Å². The Hall–Kier alpha value is -3.25. The summed E-state index contributed by atoms with van der Waals surface area (Å²) < 4.78 is 0. The Morgan fingerprint density at radius 3 is 2.53 bits per heavy atom. The molecule has 1 fully saturated rings. The summed E-state index contributed by atoms with van der Waals surface area (Å²) in [6, 6.07) is 18.7. The molecule has 6 heteroatoms. The summed E-state index contributed by atoms with van der Waals surface area (Å²) >= 11 is 0. The van der Waals surface area contributed by atoms with Crippen molar-refractivity contribution in [1.29, 1.82) is 0 Å². The molecule has 2 amide bonds. The monoisotopic (exact) mass is 484 g/mol. The van der Waals surface area contributed by atoms with E-state index in [2.05, 4.69) is 48.3 Å². The first-order chi connectivity index (χ1) is 17.5. The lowest BCUT2D eigenvalue weighted by atomic mass is 9.94. The molecule has 36 heavy (non-hydrogen) atoms. The van der Waals surface area contributed by atoms with Crippen molar-refractivity contribution in [2.24, 2.45) is 0 Å². The van der Waals surface area contributed by atoms with Gasteiger partial charge in [0, 0.05) is 49.2 Å². The van der Waals surface area contributed by atoms with Crippen LogP contribution in [0, 0.1) is 0 Å². The number of hydrogen-bond acceptors (Lipinski definition) is 4. The molecule has 0 radical (unpaired) electrons. The normalized spacial score (nSPS) is 16.2. The highest BCUT2D eigenvalue weighted by Crippen LogP contribution is 2.34. The van der Waals surface area contributed by atoms with Crippen molar-refractivity contribution in [3.63, 3.8) is 0 Å². The predicted molar refractivity (Wildman–Crippen MR) is 143 cm³/mol. The minimum Gasteiger partial charge on any atom is -0.351 e. The second-order valence-electron chi connectivity index (χ2n) is 10.4. The summed E-state index contributed by atoms with van der Waals surface area (Å²) in [6.07, 6.45) is 5.62. The lowest BCUT2D eigenvalue weighted by Crippen LogP contribution is -2.38. The van der Waals surface area contributed by atoms with Gasteiger partial charge in [0.1, 0.15) is 5.69 Å². The van der Waals surface area contributed by atoms with Crippen molar-refractivity contribution in [1.82, 2.24) is 20.1 Å². The lowest BCUT2D eigenvalue weighted by molar-refractivity contribution is 0.0655. The van der Waals surface area contributed by atoms with Gasteiger partial charge < -0.3 is 10.2 Å². The number of pyridine rings is 1. The van der Waals surface area contributed by atoms with Crippen LogP contribution in [0.25, 0.3) is 10.9 Å². The van der Waals surface area contributed by atoms with Gasteiger partial charge >= 0.3 is 0 Å². The van der Waals surface area contributed by atoms with Crippen molar-refractivity contribution in [2.45, 2.75) is 71.1 Å². The summed E-state index contributed by atoms with van der Waals surface area (Å²) in [6.45, 7) is 6.96. The van der Waals surface area contributed by atoms with Crippen LogP contribution in [0.15, 0.2) is 54.6 Å². The molecule has 0 bridgehead atoms. The molecule has 0 unspecified atom stereocenters. The van der Waals surface area contributed by atoms with Gasteiger partial charge in [-0.25, -0.2) is 4.98 Å². The molecule has 1 aromatic heterocycles. The Bertz CT molecular complexity index is 1230. The van der Waals surface area contributed by atoms with Crippen molar-refractivity contribution in [2.75, 3.05) is 13.1 Å². The molecular formula is C30H36N4O2. The summed E-state index contributed by atoms with van der Waals surface area (Å²) in [5, 5.41) is 3.98. The van der Waals surface area contributed by atoms with Crippen molar-refractivity contribution >= 4 is 22.7 Å². The van der Waals surface area contributed by atoms with Crippen LogP contribution >= 0.6 is 0 Å². The number of carbonyl (C=O) groups is 2. The van der Waals surface area contributed by atoms with E-state index < -0.39 is 0 Å². The van der Waals surface area contributed by atoms with Gasteiger partial charge in [-0.15, -0.1) is 0 Å². The van der Waals surface area contributed by atoms with Crippen molar-refractivity contribution in [3.05, 3.63) is 77.0 Å². The topological polar surface area (TPSA) is 65.5 Å². The van der Waals surface area contributed by atoms with Crippen LogP contribution < -0.4 is 5.32 Å². The number of aromatic nitrogens is 1. The number of hydrogen-bond donors (Lipinski definition) is 1. The van der Waals surface area contributed by atoms with Gasteiger partial charge in [0.25, 0.3) is 11.8 Å². The molecule has 5 rings (SSSR count). The second-order valence-corrected chi connectivity index (χ2v) is 10.4. The highest BCUT2D eigenvalue weighted by molar-refractivity contribution is 6.11. The number of para-hydroxylation sites is 1. The average Bonchev–Trinajstić information content (AvgIpc) is 3.23. The zero-order chi connectivity index (χ0) is 25.1. The van der Waals surface area contributed by atoms with E-state index in [1.54, 1.807) is 0 Å². The van der Waals surface area contributed by atoms with E-state index in [0.717, 1.165) is 49.7 Å². The molecule has 3 aromatic rings. The Balaban J connectivity index is 1.36. The Kier molecular flexibility index (Phi) is 7.33. The molecule has 0 spiro atoms. The highest BCUT2D eigenvalue weighted by atomic mass is 16.2. The molecule has 1 N–H and O–H groups in total. The summed E-state index contributed by atoms with van der Waals surface area (Å²) in [4.78, 5) is 36.1. The van der Waals surface area contributed by atoms with E-state index >= 15 is 0 Å². The number of nitrogens with zero attached hydrogens (tertiary/aromatic N) is 3. The van der Waals surface area contributed by atoms with Gasteiger partial charge in [0.15, 0.2) is 0 Å². The number of benzene rings is 2. The van der Waals surface area contributed by atoms with E-state index in [9.17, 15) is 9.59 Å². The highest BCUT2D eigenvalue weighted by Gasteiger charge is 2.38. The Morgan fingerprint density at radius 1 is 1.06 bits per heavy atom. The molecule has 2 heterocycles. The van der Waals surface area contributed by atoms with Gasteiger partial charge in [-0.3, -0.25) is 14.5 Å². The maximum Gasteiger partial charge on any atom is 0.273 e. The SMILES string of the molecule is CC(C)N(CCNC(=O)c1c2c(nc3ccccc13)C(=O)N(C1CCCCC1)C2)Cc1ccccc1. The van der Waals surface area contributed by atoms with Crippen LogP contribution in [0.3, 0.4) is 0 Å². The molecule has 1 aliphatic carbocycles.